The Labute approximate surface area is 91.6 Å². The van der Waals surface area contributed by atoms with E-state index in [-0.39, 0.29) is 0 Å². The Morgan fingerprint density at radius 1 is 1.13 bits per heavy atom. The quantitative estimate of drug-likeness (QED) is 0.659. The van der Waals surface area contributed by atoms with Crippen LogP contribution in [-0.4, -0.2) is 0 Å². The molecule has 0 bridgehead atoms. The van der Waals surface area contributed by atoms with Crippen molar-refractivity contribution in [2.45, 2.75) is 19.8 Å². The van der Waals surface area contributed by atoms with E-state index in [0.29, 0.717) is 0 Å². The van der Waals surface area contributed by atoms with E-state index in [2.05, 4.69) is 61.6 Å². The molecule has 76 valence electrons. The lowest BCUT2D eigenvalue weighted by atomic mass is 10.0. The standard InChI is InChI=1S/C15H16/c1-2-13-8-6-7-11-15(12-13)14-9-4-3-5-10-14/h3-7,9-12H,2,8H2,1H3. The molecule has 15 heavy (non-hydrogen) atoms. The number of hydrogen-bond donors (Lipinski definition) is 0. The van der Waals surface area contributed by atoms with Gasteiger partial charge in [-0.2, -0.15) is 0 Å². The van der Waals surface area contributed by atoms with Crippen LogP contribution < -0.4 is 0 Å². The van der Waals surface area contributed by atoms with Gasteiger partial charge in [0, 0.05) is 0 Å². The lowest BCUT2D eigenvalue weighted by Crippen LogP contribution is -1.82. The molecule has 0 saturated heterocycles. The molecule has 1 aromatic carbocycles. The summed E-state index contributed by atoms with van der Waals surface area (Å²) in [6, 6.07) is 10.6. The van der Waals surface area contributed by atoms with E-state index in [1.165, 1.54) is 16.7 Å². The largest absolute Gasteiger partial charge is 0.0804 e. The summed E-state index contributed by atoms with van der Waals surface area (Å²) in [6.45, 7) is 2.22. The van der Waals surface area contributed by atoms with Crippen molar-refractivity contribution in [1.82, 2.24) is 0 Å². The molecule has 0 fully saturated rings. The molecule has 0 aromatic heterocycles. The van der Waals surface area contributed by atoms with E-state index in [1.54, 1.807) is 0 Å². The predicted octanol–water partition coefficient (Wildman–Crippen LogP) is 4.37. The summed E-state index contributed by atoms with van der Waals surface area (Å²) >= 11 is 0. The van der Waals surface area contributed by atoms with Crippen LogP contribution in [0.4, 0.5) is 0 Å². The zero-order chi connectivity index (χ0) is 10.5. The van der Waals surface area contributed by atoms with Crippen molar-refractivity contribution in [3.05, 3.63) is 65.8 Å². The highest BCUT2D eigenvalue weighted by molar-refractivity contribution is 5.76. The van der Waals surface area contributed by atoms with Crippen molar-refractivity contribution >= 4 is 5.57 Å². The van der Waals surface area contributed by atoms with Crippen LogP contribution in [0, 0.1) is 0 Å². The fraction of sp³-hybridized carbons (Fsp3) is 0.200. The summed E-state index contributed by atoms with van der Waals surface area (Å²) in [5, 5.41) is 0. The highest BCUT2D eigenvalue weighted by Crippen LogP contribution is 2.22. The fourth-order valence-corrected chi connectivity index (χ4v) is 1.77. The lowest BCUT2D eigenvalue weighted by molar-refractivity contribution is 1.04. The summed E-state index contributed by atoms with van der Waals surface area (Å²) in [6.07, 6.45) is 11.1. The van der Waals surface area contributed by atoms with Gasteiger partial charge in [-0.3, -0.25) is 0 Å². The van der Waals surface area contributed by atoms with E-state index in [1.807, 2.05) is 0 Å². The summed E-state index contributed by atoms with van der Waals surface area (Å²) in [5.74, 6) is 0. The predicted molar refractivity (Wildman–Crippen MR) is 66.6 cm³/mol. The van der Waals surface area contributed by atoms with Gasteiger partial charge in [0.15, 0.2) is 0 Å². The fourth-order valence-electron chi connectivity index (χ4n) is 1.77. The topological polar surface area (TPSA) is 0 Å². The number of benzene rings is 1. The van der Waals surface area contributed by atoms with Crippen molar-refractivity contribution in [3.63, 3.8) is 0 Å². The van der Waals surface area contributed by atoms with Crippen LogP contribution in [0.25, 0.3) is 5.57 Å². The number of hydrogen-bond acceptors (Lipinski definition) is 0. The van der Waals surface area contributed by atoms with Crippen LogP contribution in [0.1, 0.15) is 25.3 Å². The van der Waals surface area contributed by atoms with Crippen LogP contribution >= 0.6 is 0 Å². The van der Waals surface area contributed by atoms with Crippen molar-refractivity contribution in [3.8, 4) is 0 Å². The van der Waals surface area contributed by atoms with E-state index in [0.717, 1.165) is 12.8 Å². The Balaban J connectivity index is 2.36. The maximum absolute atomic E-state index is 2.31. The maximum atomic E-state index is 2.31. The van der Waals surface area contributed by atoms with Crippen LogP contribution in [-0.2, 0) is 0 Å². The molecule has 1 aliphatic rings. The maximum Gasteiger partial charge on any atom is -0.0132 e. The second-order valence-corrected chi connectivity index (χ2v) is 3.78. The minimum Gasteiger partial charge on any atom is -0.0804 e. The zero-order valence-corrected chi connectivity index (χ0v) is 9.11. The zero-order valence-electron chi connectivity index (χ0n) is 9.11. The Kier molecular flexibility index (Phi) is 3.18. The summed E-state index contributed by atoms with van der Waals surface area (Å²) in [5.41, 5.74) is 4.12. The van der Waals surface area contributed by atoms with Crippen LogP contribution in [0.5, 0.6) is 0 Å². The highest BCUT2D eigenvalue weighted by Gasteiger charge is 2.01. The van der Waals surface area contributed by atoms with Crippen molar-refractivity contribution in [2.24, 2.45) is 0 Å². The molecule has 2 rings (SSSR count). The van der Waals surface area contributed by atoms with Gasteiger partial charge in [-0.1, -0.05) is 67.1 Å². The van der Waals surface area contributed by atoms with Crippen LogP contribution in [0.3, 0.4) is 0 Å². The third-order valence-electron chi connectivity index (χ3n) is 2.71. The molecule has 0 amide bonds. The summed E-state index contributed by atoms with van der Waals surface area (Å²) in [4.78, 5) is 0. The molecule has 0 N–H and O–H groups in total. The third-order valence-corrected chi connectivity index (χ3v) is 2.71. The average Bonchev–Trinajstić information content (AvgIpc) is 2.55. The minimum atomic E-state index is 1.09. The van der Waals surface area contributed by atoms with Gasteiger partial charge in [0.05, 0.1) is 0 Å². The molecule has 0 atom stereocenters. The van der Waals surface area contributed by atoms with Gasteiger partial charge in [-0.15, -0.1) is 0 Å². The van der Waals surface area contributed by atoms with Gasteiger partial charge in [0.1, 0.15) is 0 Å². The molecule has 0 spiro atoms. The molecule has 0 unspecified atom stereocenters. The van der Waals surface area contributed by atoms with Gasteiger partial charge in [-0.05, 0) is 24.0 Å². The molecule has 0 saturated carbocycles. The molecule has 0 heteroatoms. The monoisotopic (exact) mass is 196 g/mol. The van der Waals surface area contributed by atoms with Gasteiger partial charge in [0.25, 0.3) is 0 Å². The van der Waals surface area contributed by atoms with Gasteiger partial charge < -0.3 is 0 Å². The lowest BCUT2D eigenvalue weighted by Gasteiger charge is -2.03. The first kappa shape index (κ1) is 9.97. The SMILES string of the molecule is CCC1=CC(c2ccccc2)=CC=CC1. The summed E-state index contributed by atoms with van der Waals surface area (Å²) < 4.78 is 0. The van der Waals surface area contributed by atoms with E-state index < -0.39 is 0 Å². The molecular formula is C15H16. The second-order valence-electron chi connectivity index (χ2n) is 3.78. The van der Waals surface area contributed by atoms with E-state index in [4.69, 9.17) is 0 Å². The Morgan fingerprint density at radius 3 is 2.67 bits per heavy atom. The highest BCUT2D eigenvalue weighted by atomic mass is 14.1. The van der Waals surface area contributed by atoms with Crippen molar-refractivity contribution < 1.29 is 0 Å². The van der Waals surface area contributed by atoms with Gasteiger partial charge in [-0.25, -0.2) is 0 Å². The first-order valence-corrected chi connectivity index (χ1v) is 5.52. The molecule has 1 aliphatic carbocycles. The normalized spacial score (nSPS) is 15.5. The molecular weight excluding hydrogens is 180 g/mol. The van der Waals surface area contributed by atoms with E-state index in [9.17, 15) is 0 Å². The molecule has 0 radical (unpaired) electrons. The molecule has 0 nitrogen and oxygen atoms in total. The first-order valence-electron chi connectivity index (χ1n) is 5.52. The van der Waals surface area contributed by atoms with Crippen LogP contribution in [0.2, 0.25) is 0 Å². The van der Waals surface area contributed by atoms with Gasteiger partial charge >= 0.3 is 0 Å². The average molecular weight is 196 g/mol. The second kappa shape index (κ2) is 4.79. The van der Waals surface area contributed by atoms with Crippen LogP contribution in [0.15, 0.2) is 60.2 Å². The van der Waals surface area contributed by atoms with Gasteiger partial charge in [0.2, 0.25) is 0 Å². The van der Waals surface area contributed by atoms with E-state index >= 15 is 0 Å². The Hall–Kier alpha value is -1.56. The smallest absolute Gasteiger partial charge is 0.0132 e. The third kappa shape index (κ3) is 2.47. The number of allylic oxidation sites excluding steroid dienone is 6. The van der Waals surface area contributed by atoms with Crippen molar-refractivity contribution in [1.29, 1.82) is 0 Å². The minimum absolute atomic E-state index is 1.09. The first-order chi connectivity index (χ1) is 7.40. The number of rotatable bonds is 2. The molecule has 0 aliphatic heterocycles. The Morgan fingerprint density at radius 2 is 1.93 bits per heavy atom. The Bertz CT molecular complexity index is 405. The summed E-state index contributed by atoms with van der Waals surface area (Å²) in [7, 11) is 0. The molecule has 0 heterocycles. The van der Waals surface area contributed by atoms with Crippen molar-refractivity contribution in [2.75, 3.05) is 0 Å². The molecule has 1 aromatic rings.